The highest BCUT2D eigenvalue weighted by atomic mass is 32.2. The van der Waals surface area contributed by atoms with Crippen LogP contribution in [0.5, 0.6) is 0 Å². The van der Waals surface area contributed by atoms with Crippen LogP contribution in [0.2, 0.25) is 0 Å². The molecular formula is C12H22N4O4S. The molecule has 0 aromatic carbocycles. The van der Waals surface area contributed by atoms with E-state index in [2.05, 4.69) is 16.0 Å². The van der Waals surface area contributed by atoms with Crippen LogP contribution in [-0.4, -0.2) is 54.3 Å². The summed E-state index contributed by atoms with van der Waals surface area (Å²) in [5.74, 6) is -1.59. The van der Waals surface area contributed by atoms with Crippen molar-refractivity contribution in [3.63, 3.8) is 0 Å². The summed E-state index contributed by atoms with van der Waals surface area (Å²) in [5, 5.41) is 7.28. The van der Waals surface area contributed by atoms with E-state index in [0.717, 1.165) is 11.8 Å². The second-order valence-electron chi connectivity index (χ2n) is 4.50. The monoisotopic (exact) mass is 318 g/mol. The molecule has 0 saturated heterocycles. The van der Waals surface area contributed by atoms with E-state index in [1.807, 2.05) is 0 Å². The van der Waals surface area contributed by atoms with Crippen LogP contribution in [0.15, 0.2) is 0 Å². The molecule has 5 N–H and O–H groups in total. The third-order valence-electron chi connectivity index (χ3n) is 2.79. The minimum atomic E-state index is -0.994. The third kappa shape index (κ3) is 7.09. The SMILES string of the molecule is CN[C@@H](C)C(=O)N[C@@H](C)C(=O)N[C@@H](CC(N)=O)C(=O)SC. The molecule has 0 spiro atoms. The first-order chi connectivity index (χ1) is 9.72. The van der Waals surface area contributed by atoms with Crippen molar-refractivity contribution in [2.75, 3.05) is 13.3 Å². The predicted octanol–water partition coefficient (Wildman–Crippen LogP) is -1.65. The first-order valence-corrected chi connectivity index (χ1v) is 7.59. The molecule has 0 saturated carbocycles. The van der Waals surface area contributed by atoms with E-state index < -0.39 is 29.9 Å². The Morgan fingerprint density at radius 2 is 1.57 bits per heavy atom. The van der Waals surface area contributed by atoms with E-state index >= 15 is 0 Å². The van der Waals surface area contributed by atoms with Crippen LogP contribution in [-0.2, 0) is 19.2 Å². The molecule has 0 aromatic heterocycles. The number of carbonyl (C=O) groups excluding carboxylic acids is 4. The van der Waals surface area contributed by atoms with E-state index in [1.165, 1.54) is 6.92 Å². The summed E-state index contributed by atoms with van der Waals surface area (Å²) < 4.78 is 0. The van der Waals surface area contributed by atoms with Crippen LogP contribution >= 0.6 is 11.8 Å². The lowest BCUT2D eigenvalue weighted by atomic mass is 10.2. The van der Waals surface area contributed by atoms with Crippen molar-refractivity contribution in [2.24, 2.45) is 5.73 Å². The van der Waals surface area contributed by atoms with Crippen molar-refractivity contribution in [3.05, 3.63) is 0 Å². The Bertz CT molecular complexity index is 416. The fourth-order valence-corrected chi connectivity index (χ4v) is 1.80. The van der Waals surface area contributed by atoms with Gasteiger partial charge in [-0.3, -0.25) is 19.2 Å². The van der Waals surface area contributed by atoms with Crippen LogP contribution in [0.25, 0.3) is 0 Å². The fourth-order valence-electron chi connectivity index (χ4n) is 1.37. The van der Waals surface area contributed by atoms with Crippen molar-refractivity contribution in [2.45, 2.75) is 38.4 Å². The fraction of sp³-hybridized carbons (Fsp3) is 0.667. The summed E-state index contributed by atoms with van der Waals surface area (Å²) in [4.78, 5) is 46.1. The number of primary amides is 1. The van der Waals surface area contributed by atoms with E-state index in [1.54, 1.807) is 20.2 Å². The minimum absolute atomic E-state index is 0.279. The van der Waals surface area contributed by atoms with Gasteiger partial charge in [0.05, 0.1) is 12.5 Å². The summed E-state index contributed by atoms with van der Waals surface area (Å²) in [6, 6.07) is -2.28. The van der Waals surface area contributed by atoms with Crippen LogP contribution in [0.4, 0.5) is 0 Å². The Morgan fingerprint density at radius 3 is 2.00 bits per heavy atom. The van der Waals surface area contributed by atoms with E-state index in [-0.39, 0.29) is 17.4 Å². The molecule has 0 heterocycles. The van der Waals surface area contributed by atoms with Crippen LogP contribution < -0.4 is 21.7 Å². The average Bonchev–Trinajstić information content (AvgIpc) is 2.43. The second-order valence-corrected chi connectivity index (χ2v) is 5.31. The molecule has 0 fully saturated rings. The summed E-state index contributed by atoms with van der Waals surface area (Å²) in [7, 11) is 1.62. The first-order valence-electron chi connectivity index (χ1n) is 6.37. The second kappa shape index (κ2) is 9.35. The van der Waals surface area contributed by atoms with Gasteiger partial charge in [0.25, 0.3) is 0 Å². The maximum atomic E-state index is 11.9. The molecule has 0 aliphatic rings. The van der Waals surface area contributed by atoms with Gasteiger partial charge in [-0.15, -0.1) is 0 Å². The van der Waals surface area contributed by atoms with Crippen LogP contribution in [0.3, 0.4) is 0 Å². The van der Waals surface area contributed by atoms with Crippen LogP contribution in [0, 0.1) is 0 Å². The largest absolute Gasteiger partial charge is 0.370 e. The maximum absolute atomic E-state index is 11.9. The van der Waals surface area contributed by atoms with Crippen molar-refractivity contribution >= 4 is 34.6 Å². The minimum Gasteiger partial charge on any atom is -0.370 e. The average molecular weight is 318 g/mol. The van der Waals surface area contributed by atoms with Gasteiger partial charge in [-0.05, 0) is 27.2 Å². The Morgan fingerprint density at radius 1 is 1.05 bits per heavy atom. The molecule has 0 unspecified atom stereocenters. The molecule has 0 radical (unpaired) electrons. The highest BCUT2D eigenvalue weighted by Crippen LogP contribution is 2.05. The van der Waals surface area contributed by atoms with Gasteiger partial charge in [0.15, 0.2) is 0 Å². The molecule has 0 aromatic rings. The lowest BCUT2D eigenvalue weighted by Gasteiger charge is -2.20. The number of nitrogens with one attached hydrogen (secondary N) is 3. The van der Waals surface area contributed by atoms with Gasteiger partial charge in [-0.25, -0.2) is 0 Å². The third-order valence-corrected chi connectivity index (χ3v) is 3.47. The number of nitrogens with two attached hydrogens (primary N) is 1. The summed E-state index contributed by atoms with van der Waals surface area (Å²) >= 11 is 0.892. The van der Waals surface area contributed by atoms with Gasteiger partial charge in [-0.1, -0.05) is 11.8 Å². The number of hydrogen-bond donors (Lipinski definition) is 4. The van der Waals surface area contributed by atoms with Crippen molar-refractivity contribution < 1.29 is 19.2 Å². The van der Waals surface area contributed by atoms with Crippen LogP contribution in [0.1, 0.15) is 20.3 Å². The molecule has 0 aliphatic carbocycles. The number of rotatable bonds is 8. The molecule has 3 amide bonds. The number of hydrogen-bond acceptors (Lipinski definition) is 6. The van der Waals surface area contributed by atoms with E-state index in [4.69, 9.17) is 5.73 Å². The first kappa shape index (κ1) is 19.4. The van der Waals surface area contributed by atoms with Gasteiger partial charge in [0.2, 0.25) is 22.8 Å². The molecule has 3 atom stereocenters. The topological polar surface area (TPSA) is 130 Å². The lowest BCUT2D eigenvalue weighted by Crippen LogP contribution is -2.53. The smallest absolute Gasteiger partial charge is 0.242 e. The van der Waals surface area contributed by atoms with Crippen molar-refractivity contribution in [1.29, 1.82) is 0 Å². The summed E-state index contributed by atoms with van der Waals surface area (Å²) in [6.07, 6.45) is 1.27. The zero-order valence-electron chi connectivity index (χ0n) is 12.6. The molecule has 8 nitrogen and oxygen atoms in total. The molecule has 0 aliphatic heterocycles. The Labute approximate surface area is 128 Å². The molecule has 0 bridgehead atoms. The zero-order chi connectivity index (χ0) is 16.6. The molecule has 0 rings (SSSR count). The highest BCUT2D eigenvalue weighted by molar-refractivity contribution is 8.13. The van der Waals surface area contributed by atoms with E-state index in [0.29, 0.717) is 0 Å². The lowest BCUT2D eigenvalue weighted by molar-refractivity contribution is -0.131. The quantitative estimate of drug-likeness (QED) is 0.424. The zero-order valence-corrected chi connectivity index (χ0v) is 13.4. The number of amides is 3. The predicted molar refractivity (Wildman–Crippen MR) is 80.4 cm³/mol. The Balaban J connectivity index is 4.64. The summed E-state index contributed by atoms with van der Waals surface area (Å²) in [6.45, 7) is 3.13. The van der Waals surface area contributed by atoms with Crippen molar-refractivity contribution in [1.82, 2.24) is 16.0 Å². The normalized spacial score (nSPS) is 14.7. The van der Waals surface area contributed by atoms with Gasteiger partial charge >= 0.3 is 0 Å². The number of likely N-dealkylation sites (N-methyl/N-ethyl adjacent to an activating group) is 1. The molecular weight excluding hydrogens is 296 g/mol. The molecule has 9 heteroatoms. The van der Waals surface area contributed by atoms with Gasteiger partial charge in [0, 0.05) is 0 Å². The standard InChI is InChI=1S/C12H22N4O4S/c1-6(14-3)10(18)15-7(2)11(19)16-8(5-9(13)17)12(20)21-4/h6-8,14H,5H2,1-4H3,(H2,13,17)(H,15,18)(H,16,19)/t6-,7-,8-/m0/s1. The number of carbonyl (C=O) groups is 4. The Hall–Kier alpha value is -1.61. The highest BCUT2D eigenvalue weighted by Gasteiger charge is 2.25. The van der Waals surface area contributed by atoms with Gasteiger partial charge in [0.1, 0.15) is 12.1 Å². The van der Waals surface area contributed by atoms with E-state index in [9.17, 15) is 19.2 Å². The summed E-state index contributed by atoms with van der Waals surface area (Å²) in [5.41, 5.74) is 5.05. The van der Waals surface area contributed by atoms with Gasteiger partial charge < -0.3 is 21.7 Å². The molecule has 21 heavy (non-hydrogen) atoms. The van der Waals surface area contributed by atoms with Crippen molar-refractivity contribution in [3.8, 4) is 0 Å². The van der Waals surface area contributed by atoms with Gasteiger partial charge in [-0.2, -0.15) is 0 Å². The number of thioether (sulfide) groups is 1. The maximum Gasteiger partial charge on any atom is 0.242 e. The Kier molecular flexibility index (Phi) is 8.63. The molecule has 120 valence electrons.